The van der Waals surface area contributed by atoms with Gasteiger partial charge in [0.05, 0.1) is 18.0 Å². The fourth-order valence-electron chi connectivity index (χ4n) is 2.84. The van der Waals surface area contributed by atoms with Gasteiger partial charge in [-0.05, 0) is 42.0 Å². The molecule has 150 valence electrons. The topological polar surface area (TPSA) is 106 Å². The lowest BCUT2D eigenvalue weighted by molar-refractivity contribution is 0.0950. The van der Waals surface area contributed by atoms with E-state index in [1.165, 1.54) is 53.4 Å². The molecular formula is C21H15FN4O4. The van der Waals surface area contributed by atoms with Crippen molar-refractivity contribution in [1.82, 2.24) is 14.7 Å². The minimum Gasteiger partial charge on any atom is -0.459 e. The molecule has 0 atom stereocenters. The van der Waals surface area contributed by atoms with E-state index in [0.717, 1.165) is 5.56 Å². The van der Waals surface area contributed by atoms with Gasteiger partial charge in [0.15, 0.2) is 11.4 Å². The van der Waals surface area contributed by atoms with Crippen molar-refractivity contribution >= 4 is 23.1 Å². The van der Waals surface area contributed by atoms with Gasteiger partial charge in [-0.2, -0.15) is 0 Å². The minimum absolute atomic E-state index is 0.0495. The number of hydrogen-bond acceptors (Lipinski definition) is 5. The second-order valence-corrected chi connectivity index (χ2v) is 6.33. The van der Waals surface area contributed by atoms with Gasteiger partial charge in [0.25, 0.3) is 17.4 Å². The van der Waals surface area contributed by atoms with Crippen molar-refractivity contribution in [3.8, 4) is 0 Å². The third-order valence-electron chi connectivity index (χ3n) is 4.34. The molecule has 2 N–H and O–H groups in total. The number of nitrogens with zero attached hydrogens (tertiary/aromatic N) is 2. The van der Waals surface area contributed by atoms with Crippen LogP contribution in [-0.4, -0.2) is 21.2 Å². The zero-order valence-corrected chi connectivity index (χ0v) is 15.5. The molecule has 3 aromatic heterocycles. The van der Waals surface area contributed by atoms with Gasteiger partial charge in [0, 0.05) is 12.7 Å². The Kier molecular flexibility index (Phi) is 5.08. The highest BCUT2D eigenvalue weighted by Crippen LogP contribution is 2.11. The Morgan fingerprint density at radius 3 is 2.60 bits per heavy atom. The van der Waals surface area contributed by atoms with Crippen molar-refractivity contribution in [2.45, 2.75) is 6.54 Å². The first kappa shape index (κ1) is 19.1. The molecule has 4 rings (SSSR count). The third kappa shape index (κ3) is 3.81. The SMILES string of the molecule is O=C(Nc1cnc2c(C(=O)NCc3ccc(F)cc3)cccn2c1=O)c1ccco1. The van der Waals surface area contributed by atoms with Gasteiger partial charge in [0.1, 0.15) is 11.5 Å². The quantitative estimate of drug-likeness (QED) is 0.530. The van der Waals surface area contributed by atoms with E-state index in [0.29, 0.717) is 0 Å². The number of benzene rings is 1. The van der Waals surface area contributed by atoms with E-state index < -0.39 is 17.4 Å². The van der Waals surface area contributed by atoms with Crippen LogP contribution in [0.2, 0.25) is 0 Å². The molecule has 0 aliphatic rings. The molecule has 0 unspecified atom stereocenters. The Labute approximate surface area is 169 Å². The highest BCUT2D eigenvalue weighted by molar-refractivity contribution is 6.02. The highest BCUT2D eigenvalue weighted by Gasteiger charge is 2.16. The van der Waals surface area contributed by atoms with Crippen molar-refractivity contribution in [2.24, 2.45) is 0 Å². The van der Waals surface area contributed by atoms with E-state index in [-0.39, 0.29) is 35.0 Å². The summed E-state index contributed by atoms with van der Waals surface area (Å²) in [7, 11) is 0. The van der Waals surface area contributed by atoms with Crippen molar-refractivity contribution in [2.75, 3.05) is 5.32 Å². The van der Waals surface area contributed by atoms with Crippen molar-refractivity contribution in [3.63, 3.8) is 0 Å². The maximum Gasteiger partial charge on any atom is 0.291 e. The summed E-state index contributed by atoms with van der Waals surface area (Å²) in [5.74, 6) is -1.35. The lowest BCUT2D eigenvalue weighted by atomic mass is 10.2. The fraction of sp³-hybridized carbons (Fsp3) is 0.0476. The first-order valence-electron chi connectivity index (χ1n) is 8.91. The summed E-state index contributed by atoms with van der Waals surface area (Å²) in [5, 5.41) is 5.16. The van der Waals surface area contributed by atoms with Gasteiger partial charge < -0.3 is 15.1 Å². The molecule has 0 bridgehead atoms. The molecule has 0 aliphatic carbocycles. The molecule has 3 heterocycles. The van der Waals surface area contributed by atoms with Crippen molar-refractivity contribution < 1.29 is 18.4 Å². The molecule has 0 spiro atoms. The van der Waals surface area contributed by atoms with Crippen LogP contribution in [-0.2, 0) is 6.54 Å². The van der Waals surface area contributed by atoms with E-state index >= 15 is 0 Å². The number of furan rings is 1. The summed E-state index contributed by atoms with van der Waals surface area (Å²) in [6.45, 7) is 0.182. The molecule has 0 radical (unpaired) electrons. The van der Waals surface area contributed by atoms with Gasteiger partial charge in [-0.3, -0.25) is 18.8 Å². The summed E-state index contributed by atoms with van der Waals surface area (Å²) in [6.07, 6.45) is 3.98. The Hall–Kier alpha value is -4.27. The first-order chi connectivity index (χ1) is 14.5. The molecule has 4 aromatic rings. The second kappa shape index (κ2) is 8.00. The summed E-state index contributed by atoms with van der Waals surface area (Å²) in [6, 6.07) is 11.8. The van der Waals surface area contributed by atoms with E-state index in [9.17, 15) is 18.8 Å². The van der Waals surface area contributed by atoms with Gasteiger partial charge in [-0.25, -0.2) is 9.37 Å². The number of aromatic nitrogens is 2. The zero-order valence-electron chi connectivity index (χ0n) is 15.5. The van der Waals surface area contributed by atoms with Gasteiger partial charge in [-0.15, -0.1) is 0 Å². The summed E-state index contributed by atoms with van der Waals surface area (Å²) in [5.41, 5.74) is 0.430. The fourth-order valence-corrected chi connectivity index (χ4v) is 2.84. The molecule has 0 aliphatic heterocycles. The van der Waals surface area contributed by atoms with E-state index in [1.54, 1.807) is 18.2 Å². The van der Waals surface area contributed by atoms with Crippen LogP contribution in [0.25, 0.3) is 5.65 Å². The minimum atomic E-state index is -0.591. The van der Waals surface area contributed by atoms with Gasteiger partial charge in [-0.1, -0.05) is 12.1 Å². The lowest BCUT2D eigenvalue weighted by Gasteiger charge is -2.10. The summed E-state index contributed by atoms with van der Waals surface area (Å²) < 4.78 is 19.2. The van der Waals surface area contributed by atoms with Crippen molar-refractivity contribution in [1.29, 1.82) is 0 Å². The van der Waals surface area contributed by atoms with Crippen LogP contribution in [0.1, 0.15) is 26.5 Å². The number of pyridine rings is 1. The molecule has 1 aromatic carbocycles. The Morgan fingerprint density at radius 2 is 1.87 bits per heavy atom. The number of fused-ring (bicyclic) bond motifs is 1. The van der Waals surface area contributed by atoms with Crippen LogP contribution < -0.4 is 16.2 Å². The van der Waals surface area contributed by atoms with Crippen LogP contribution >= 0.6 is 0 Å². The molecule has 8 nitrogen and oxygen atoms in total. The van der Waals surface area contributed by atoms with E-state index in [2.05, 4.69) is 15.6 Å². The zero-order chi connectivity index (χ0) is 21.1. The van der Waals surface area contributed by atoms with Crippen molar-refractivity contribution in [3.05, 3.63) is 100 Å². The maximum absolute atomic E-state index is 13.0. The average molecular weight is 406 g/mol. The molecule has 0 fully saturated rings. The first-order valence-corrected chi connectivity index (χ1v) is 8.91. The highest BCUT2D eigenvalue weighted by atomic mass is 19.1. The average Bonchev–Trinajstić information content (AvgIpc) is 3.30. The van der Waals surface area contributed by atoms with Gasteiger partial charge in [0.2, 0.25) is 0 Å². The second-order valence-electron chi connectivity index (χ2n) is 6.33. The largest absolute Gasteiger partial charge is 0.459 e. The lowest BCUT2D eigenvalue weighted by Crippen LogP contribution is -2.27. The smallest absolute Gasteiger partial charge is 0.291 e. The number of nitrogens with one attached hydrogen (secondary N) is 2. The predicted molar refractivity (Wildman–Crippen MR) is 106 cm³/mol. The normalized spacial score (nSPS) is 10.7. The summed E-state index contributed by atoms with van der Waals surface area (Å²) in [4.78, 5) is 41.6. The van der Waals surface area contributed by atoms with Crippen LogP contribution in [0.4, 0.5) is 10.1 Å². The van der Waals surface area contributed by atoms with E-state index in [4.69, 9.17) is 4.42 Å². The predicted octanol–water partition coefficient (Wildman–Crippen LogP) is 2.61. The number of amides is 2. The van der Waals surface area contributed by atoms with E-state index in [1.807, 2.05) is 0 Å². The molecule has 30 heavy (non-hydrogen) atoms. The van der Waals surface area contributed by atoms with Crippen LogP contribution in [0.5, 0.6) is 0 Å². The number of halogens is 1. The molecule has 0 saturated carbocycles. The van der Waals surface area contributed by atoms with Gasteiger partial charge >= 0.3 is 0 Å². The Balaban J connectivity index is 1.58. The Bertz CT molecular complexity index is 1280. The number of carbonyl (C=O) groups is 2. The number of rotatable bonds is 5. The number of carbonyl (C=O) groups excluding carboxylic acids is 2. The van der Waals surface area contributed by atoms with Crippen LogP contribution in [0.3, 0.4) is 0 Å². The molecule has 0 saturated heterocycles. The number of hydrogen-bond donors (Lipinski definition) is 2. The van der Waals surface area contributed by atoms with Crippen LogP contribution in [0.15, 0.2) is 76.4 Å². The summed E-state index contributed by atoms with van der Waals surface area (Å²) >= 11 is 0. The molecule has 2 amide bonds. The van der Waals surface area contributed by atoms with Crippen LogP contribution in [0, 0.1) is 5.82 Å². The Morgan fingerprint density at radius 1 is 1.07 bits per heavy atom. The maximum atomic E-state index is 13.0. The third-order valence-corrected chi connectivity index (χ3v) is 4.34. The molecular weight excluding hydrogens is 391 g/mol. The number of anilines is 1. The standard InChI is InChI=1S/C21H15FN4O4/c22-14-7-5-13(6-8-14)11-24-19(27)15-3-1-9-26-18(15)23-12-16(21(26)29)25-20(28)17-4-2-10-30-17/h1-10,12H,11H2,(H,24,27)(H,25,28). The monoisotopic (exact) mass is 406 g/mol. The molecule has 9 heteroatoms.